The van der Waals surface area contributed by atoms with Crippen LogP contribution in [0.2, 0.25) is 5.02 Å². The second kappa shape index (κ2) is 10.5. The van der Waals surface area contributed by atoms with Crippen molar-refractivity contribution < 1.29 is 19.2 Å². The van der Waals surface area contributed by atoms with E-state index in [2.05, 4.69) is 59.4 Å². The Morgan fingerprint density at radius 2 is 1.88 bits per heavy atom. The predicted octanol–water partition coefficient (Wildman–Crippen LogP) is 7.30. The summed E-state index contributed by atoms with van der Waals surface area (Å²) in [5, 5.41) is 11.4. The number of hydrogen-bond acceptors (Lipinski definition) is 6. The van der Waals surface area contributed by atoms with Crippen LogP contribution in [-0.4, -0.2) is 16.8 Å². The monoisotopic (exact) mass is 716 g/mol. The minimum Gasteiger partial charge on any atom is -0.487 e. The van der Waals surface area contributed by atoms with Crippen molar-refractivity contribution in [3.05, 3.63) is 105 Å². The molecule has 0 aliphatic carbocycles. The van der Waals surface area contributed by atoms with Gasteiger partial charge >= 0.3 is 5.97 Å². The van der Waals surface area contributed by atoms with Gasteiger partial charge in [-0.15, -0.1) is 0 Å². The van der Waals surface area contributed by atoms with E-state index in [4.69, 9.17) is 21.1 Å². The minimum absolute atomic E-state index is 0.00363. The number of aliphatic imine (C=N–C) groups is 1. The van der Waals surface area contributed by atoms with Gasteiger partial charge < -0.3 is 9.47 Å². The Labute approximate surface area is 229 Å². The number of ether oxygens (including phenoxy) is 2. The van der Waals surface area contributed by atoms with Gasteiger partial charge in [-0.1, -0.05) is 23.7 Å². The van der Waals surface area contributed by atoms with Crippen molar-refractivity contribution in [1.29, 1.82) is 0 Å². The van der Waals surface area contributed by atoms with Gasteiger partial charge in [-0.05, 0) is 102 Å². The third kappa shape index (κ3) is 5.68. The highest BCUT2D eigenvalue weighted by atomic mass is 127. The van der Waals surface area contributed by atoms with Crippen LogP contribution in [0, 0.1) is 13.7 Å². The fourth-order valence-electron chi connectivity index (χ4n) is 3.06. The Kier molecular flexibility index (Phi) is 7.70. The number of carbonyl (C=O) groups is 1. The quantitative estimate of drug-likeness (QED) is 0.0878. The van der Waals surface area contributed by atoms with Crippen LogP contribution in [0.15, 0.2) is 74.2 Å². The zero-order valence-electron chi connectivity index (χ0n) is 16.9. The molecule has 3 aromatic rings. The molecule has 172 valence electrons. The number of nitrogens with zero attached hydrogens (tertiary/aromatic N) is 2. The molecule has 0 radical (unpaired) electrons. The lowest BCUT2D eigenvalue weighted by atomic mass is 10.2. The molecular formula is C23H12Br2ClIN2O5. The highest BCUT2D eigenvalue weighted by Crippen LogP contribution is 2.36. The summed E-state index contributed by atoms with van der Waals surface area (Å²) in [6.45, 7) is 0.135. The molecule has 3 aromatic carbocycles. The maximum atomic E-state index is 12.4. The third-order valence-electron chi connectivity index (χ3n) is 4.61. The number of halogens is 4. The van der Waals surface area contributed by atoms with Gasteiger partial charge in [-0.2, -0.15) is 0 Å². The van der Waals surface area contributed by atoms with E-state index in [0.29, 0.717) is 36.4 Å². The lowest BCUT2D eigenvalue weighted by Gasteiger charge is -2.11. The van der Waals surface area contributed by atoms with E-state index in [1.54, 1.807) is 42.5 Å². The van der Waals surface area contributed by atoms with Crippen LogP contribution in [0.25, 0.3) is 6.08 Å². The molecule has 0 N–H and O–H groups in total. The van der Waals surface area contributed by atoms with Crippen molar-refractivity contribution in [2.45, 2.75) is 6.61 Å². The van der Waals surface area contributed by atoms with Crippen molar-refractivity contribution in [1.82, 2.24) is 0 Å². The molecule has 0 spiro atoms. The first kappa shape index (κ1) is 24.8. The Morgan fingerprint density at radius 1 is 1.15 bits per heavy atom. The molecule has 0 aromatic heterocycles. The lowest BCUT2D eigenvalue weighted by molar-refractivity contribution is -0.384. The SMILES string of the molecule is O=C1OC(c2cc(I)ccc2Cl)=N/C1=C\c1cc(Br)c(OCc2cccc([N+](=O)[O-])c2)c(Br)c1. The second-order valence-electron chi connectivity index (χ2n) is 6.99. The number of esters is 1. The Hall–Kier alpha value is -2.28. The van der Waals surface area contributed by atoms with Gasteiger partial charge in [0.2, 0.25) is 5.90 Å². The van der Waals surface area contributed by atoms with Crippen molar-refractivity contribution >= 4 is 89.7 Å². The van der Waals surface area contributed by atoms with Crippen LogP contribution in [-0.2, 0) is 16.1 Å². The third-order valence-corrected chi connectivity index (χ3v) is 6.79. The Bertz CT molecular complexity index is 1370. The van der Waals surface area contributed by atoms with E-state index in [-0.39, 0.29) is 23.9 Å². The van der Waals surface area contributed by atoms with Crippen LogP contribution < -0.4 is 4.74 Å². The standard InChI is InChI=1S/C23H12Br2ClIN2O5/c24-17-7-13(8-18(25)21(17)33-11-12-2-1-3-15(6-12)29(31)32)9-20-23(30)34-22(28-20)16-10-14(27)4-5-19(16)26/h1-10H,11H2/b20-9-. The first-order valence-electron chi connectivity index (χ1n) is 9.54. The zero-order chi connectivity index (χ0) is 24.4. The molecular weight excluding hydrogens is 706 g/mol. The molecule has 0 bridgehead atoms. The molecule has 1 aliphatic rings. The minimum atomic E-state index is -0.580. The maximum Gasteiger partial charge on any atom is 0.363 e. The van der Waals surface area contributed by atoms with Gasteiger partial charge in [0.25, 0.3) is 5.69 Å². The second-order valence-corrected chi connectivity index (χ2v) is 10.4. The van der Waals surface area contributed by atoms with E-state index in [0.717, 1.165) is 3.57 Å². The molecule has 0 unspecified atom stereocenters. The van der Waals surface area contributed by atoms with E-state index >= 15 is 0 Å². The van der Waals surface area contributed by atoms with Gasteiger partial charge in [0, 0.05) is 15.7 Å². The Balaban J connectivity index is 1.56. The normalized spacial score (nSPS) is 14.2. The number of cyclic esters (lactones) is 1. The zero-order valence-corrected chi connectivity index (χ0v) is 23.0. The van der Waals surface area contributed by atoms with E-state index < -0.39 is 10.9 Å². The molecule has 34 heavy (non-hydrogen) atoms. The average Bonchev–Trinajstić information content (AvgIpc) is 3.15. The number of benzene rings is 3. The summed E-state index contributed by atoms with van der Waals surface area (Å²) in [5.41, 5.74) is 2.00. The van der Waals surface area contributed by atoms with Crippen LogP contribution in [0.1, 0.15) is 16.7 Å². The van der Waals surface area contributed by atoms with Gasteiger partial charge in [0.1, 0.15) is 12.4 Å². The summed E-state index contributed by atoms with van der Waals surface area (Å²) in [7, 11) is 0. The molecule has 11 heteroatoms. The number of non-ortho nitro benzene ring substituents is 1. The number of rotatable bonds is 6. The molecule has 0 saturated heterocycles. The van der Waals surface area contributed by atoms with Crippen molar-refractivity contribution in [3.8, 4) is 5.75 Å². The van der Waals surface area contributed by atoms with Gasteiger partial charge in [0.05, 0.1) is 24.5 Å². The summed E-state index contributed by atoms with van der Waals surface area (Å²) in [5.74, 6) is 0.0791. The highest BCUT2D eigenvalue weighted by molar-refractivity contribution is 14.1. The smallest absolute Gasteiger partial charge is 0.363 e. The first-order valence-corrected chi connectivity index (χ1v) is 12.6. The topological polar surface area (TPSA) is 91.0 Å². The highest BCUT2D eigenvalue weighted by Gasteiger charge is 2.26. The molecule has 4 rings (SSSR count). The Morgan fingerprint density at radius 3 is 2.59 bits per heavy atom. The molecule has 0 fully saturated rings. The first-order chi connectivity index (χ1) is 16.2. The molecule has 1 heterocycles. The number of nitro benzene ring substituents is 1. The van der Waals surface area contributed by atoms with Gasteiger partial charge in [-0.25, -0.2) is 9.79 Å². The van der Waals surface area contributed by atoms with Gasteiger partial charge in [-0.3, -0.25) is 10.1 Å². The fraction of sp³-hybridized carbons (Fsp3) is 0.0435. The van der Waals surface area contributed by atoms with Crippen molar-refractivity contribution in [3.63, 3.8) is 0 Å². The predicted molar refractivity (Wildman–Crippen MR) is 144 cm³/mol. The van der Waals surface area contributed by atoms with E-state index in [1.165, 1.54) is 12.1 Å². The number of hydrogen-bond donors (Lipinski definition) is 0. The largest absolute Gasteiger partial charge is 0.487 e. The van der Waals surface area contributed by atoms with E-state index in [1.807, 2.05) is 6.07 Å². The summed E-state index contributed by atoms with van der Waals surface area (Å²) < 4.78 is 13.4. The van der Waals surface area contributed by atoms with Crippen LogP contribution in [0.3, 0.4) is 0 Å². The fourth-order valence-corrected chi connectivity index (χ4v) is 5.20. The molecule has 7 nitrogen and oxygen atoms in total. The van der Waals surface area contributed by atoms with Crippen LogP contribution in [0.4, 0.5) is 5.69 Å². The lowest BCUT2D eigenvalue weighted by Crippen LogP contribution is -2.06. The summed E-state index contributed by atoms with van der Waals surface area (Å²) >= 11 is 15.3. The summed E-state index contributed by atoms with van der Waals surface area (Å²) in [4.78, 5) is 27.2. The maximum absolute atomic E-state index is 12.4. The summed E-state index contributed by atoms with van der Waals surface area (Å²) in [6, 6.07) is 15.1. The van der Waals surface area contributed by atoms with Gasteiger partial charge in [0.15, 0.2) is 5.70 Å². The number of nitro groups is 1. The van der Waals surface area contributed by atoms with Crippen molar-refractivity contribution in [2.24, 2.45) is 4.99 Å². The van der Waals surface area contributed by atoms with E-state index in [9.17, 15) is 14.9 Å². The molecule has 0 saturated carbocycles. The molecule has 0 amide bonds. The molecule has 0 atom stereocenters. The molecule has 1 aliphatic heterocycles. The van der Waals surface area contributed by atoms with Crippen LogP contribution in [0.5, 0.6) is 5.75 Å². The summed E-state index contributed by atoms with van der Waals surface area (Å²) in [6.07, 6.45) is 1.59. The number of carbonyl (C=O) groups excluding carboxylic acids is 1. The average molecular weight is 719 g/mol. The van der Waals surface area contributed by atoms with Crippen LogP contribution >= 0.6 is 66.1 Å². The van der Waals surface area contributed by atoms with Crippen molar-refractivity contribution in [2.75, 3.05) is 0 Å².